The average Bonchev–Trinajstić information content (AvgIpc) is 2.43. The molecule has 1 aromatic heterocycles. The van der Waals surface area contributed by atoms with E-state index in [-0.39, 0.29) is 6.54 Å². The Morgan fingerprint density at radius 2 is 2.27 bits per heavy atom. The van der Waals surface area contributed by atoms with Crippen LogP contribution in [0.4, 0.5) is 0 Å². The van der Waals surface area contributed by atoms with Gasteiger partial charge in [0, 0.05) is 5.39 Å². The molecule has 0 unspecified atom stereocenters. The van der Waals surface area contributed by atoms with Gasteiger partial charge < -0.3 is 9.67 Å². The number of carbonyl (C=O) groups is 1. The van der Waals surface area contributed by atoms with Crippen LogP contribution in [0.5, 0.6) is 0 Å². The van der Waals surface area contributed by atoms with Gasteiger partial charge in [0.25, 0.3) is 0 Å². The zero-order valence-corrected chi connectivity index (χ0v) is 9.78. The van der Waals surface area contributed by atoms with Crippen molar-refractivity contribution in [2.24, 2.45) is 0 Å². The van der Waals surface area contributed by atoms with Gasteiger partial charge in [-0.2, -0.15) is 0 Å². The first kappa shape index (κ1) is 10.2. The molecule has 0 spiro atoms. The Morgan fingerprint density at radius 3 is 2.93 bits per heavy atom. The lowest BCUT2D eigenvalue weighted by Gasteiger charge is -2.05. The van der Waals surface area contributed by atoms with Crippen LogP contribution < -0.4 is 0 Å². The number of fused-ring (bicyclic) bond motifs is 1. The molecule has 0 saturated carbocycles. The largest absolute Gasteiger partial charge is 0.480 e. The van der Waals surface area contributed by atoms with Crippen molar-refractivity contribution in [1.82, 2.24) is 4.57 Å². The lowest BCUT2D eigenvalue weighted by atomic mass is 10.2. The van der Waals surface area contributed by atoms with E-state index in [1.807, 2.05) is 31.2 Å². The van der Waals surface area contributed by atoms with Crippen molar-refractivity contribution < 1.29 is 9.90 Å². The number of nitrogens with zero attached hydrogens (tertiary/aromatic N) is 1. The van der Waals surface area contributed by atoms with Gasteiger partial charge in [-0.05, 0) is 34.5 Å². The molecule has 4 heteroatoms. The standard InChI is InChI=1S/C11H10BrNO2/c1-7-3-2-4-8-5-9(12)13(11(7)8)6-10(14)15/h2-5H,6H2,1H3,(H,14,15). The predicted molar refractivity (Wildman–Crippen MR) is 62.0 cm³/mol. The van der Waals surface area contributed by atoms with Crippen LogP contribution in [0.3, 0.4) is 0 Å². The lowest BCUT2D eigenvalue weighted by molar-refractivity contribution is -0.137. The summed E-state index contributed by atoms with van der Waals surface area (Å²) < 4.78 is 2.56. The highest BCUT2D eigenvalue weighted by Gasteiger charge is 2.10. The third-order valence-corrected chi connectivity index (χ3v) is 3.02. The molecule has 1 aromatic carbocycles. The molecule has 0 bridgehead atoms. The number of aryl methyl sites for hydroxylation is 1. The lowest BCUT2D eigenvalue weighted by Crippen LogP contribution is -2.09. The Morgan fingerprint density at radius 1 is 1.53 bits per heavy atom. The number of para-hydroxylation sites is 1. The number of hydrogen-bond donors (Lipinski definition) is 1. The van der Waals surface area contributed by atoms with E-state index in [1.165, 1.54) is 0 Å². The van der Waals surface area contributed by atoms with Crippen LogP contribution in [-0.4, -0.2) is 15.6 Å². The normalized spacial score (nSPS) is 10.8. The summed E-state index contributed by atoms with van der Waals surface area (Å²) in [6.07, 6.45) is 0. The van der Waals surface area contributed by atoms with Gasteiger partial charge >= 0.3 is 5.97 Å². The quantitative estimate of drug-likeness (QED) is 0.909. The highest BCUT2D eigenvalue weighted by molar-refractivity contribution is 9.10. The maximum Gasteiger partial charge on any atom is 0.323 e. The van der Waals surface area contributed by atoms with Gasteiger partial charge in [-0.3, -0.25) is 4.79 Å². The third kappa shape index (κ3) is 1.77. The summed E-state index contributed by atoms with van der Waals surface area (Å²) in [6, 6.07) is 7.86. The first-order chi connectivity index (χ1) is 7.09. The van der Waals surface area contributed by atoms with E-state index < -0.39 is 5.97 Å². The minimum Gasteiger partial charge on any atom is -0.480 e. The molecule has 1 N–H and O–H groups in total. The van der Waals surface area contributed by atoms with Gasteiger partial charge in [0.05, 0.1) is 10.1 Å². The average molecular weight is 268 g/mol. The number of rotatable bonds is 2. The second kappa shape index (κ2) is 3.70. The number of carboxylic acids is 1. The van der Waals surface area contributed by atoms with Gasteiger partial charge in [-0.1, -0.05) is 18.2 Å². The van der Waals surface area contributed by atoms with Crippen LogP contribution in [0.2, 0.25) is 0 Å². The molecule has 2 aromatic rings. The topological polar surface area (TPSA) is 42.2 Å². The van der Waals surface area contributed by atoms with Gasteiger partial charge in [0.2, 0.25) is 0 Å². The summed E-state index contributed by atoms with van der Waals surface area (Å²) in [5.74, 6) is -0.837. The van der Waals surface area contributed by atoms with Crippen LogP contribution in [0.25, 0.3) is 10.9 Å². The van der Waals surface area contributed by atoms with E-state index in [4.69, 9.17) is 5.11 Å². The molecule has 0 saturated heterocycles. The van der Waals surface area contributed by atoms with E-state index in [0.29, 0.717) is 0 Å². The Labute approximate surface area is 95.5 Å². The van der Waals surface area contributed by atoms with Crippen molar-refractivity contribution in [2.45, 2.75) is 13.5 Å². The Kier molecular flexibility index (Phi) is 2.52. The third-order valence-electron chi connectivity index (χ3n) is 2.36. The van der Waals surface area contributed by atoms with Crippen LogP contribution in [0, 0.1) is 6.92 Å². The molecule has 2 rings (SSSR count). The highest BCUT2D eigenvalue weighted by Crippen LogP contribution is 2.26. The molecule has 0 aliphatic rings. The van der Waals surface area contributed by atoms with E-state index in [1.54, 1.807) is 4.57 Å². The minimum atomic E-state index is -0.837. The zero-order valence-electron chi connectivity index (χ0n) is 8.20. The first-order valence-electron chi connectivity index (χ1n) is 4.56. The fraction of sp³-hybridized carbons (Fsp3) is 0.182. The van der Waals surface area contributed by atoms with Gasteiger partial charge in [-0.25, -0.2) is 0 Å². The molecule has 15 heavy (non-hydrogen) atoms. The van der Waals surface area contributed by atoms with Crippen molar-refractivity contribution >= 4 is 32.8 Å². The monoisotopic (exact) mass is 267 g/mol. The summed E-state index contributed by atoms with van der Waals surface area (Å²) in [6.45, 7) is 1.96. The van der Waals surface area contributed by atoms with Crippen molar-refractivity contribution in [1.29, 1.82) is 0 Å². The van der Waals surface area contributed by atoms with Crippen LogP contribution in [0.1, 0.15) is 5.56 Å². The summed E-state index contributed by atoms with van der Waals surface area (Å²) in [4.78, 5) is 10.7. The summed E-state index contributed by atoms with van der Waals surface area (Å²) in [5.41, 5.74) is 2.06. The van der Waals surface area contributed by atoms with Crippen LogP contribution in [-0.2, 0) is 11.3 Å². The molecule has 0 fully saturated rings. The van der Waals surface area contributed by atoms with E-state index in [0.717, 1.165) is 21.1 Å². The molecule has 0 radical (unpaired) electrons. The number of benzene rings is 1. The number of halogens is 1. The molecule has 0 aliphatic carbocycles. The summed E-state index contributed by atoms with van der Waals surface area (Å²) >= 11 is 3.37. The molecule has 78 valence electrons. The number of aromatic nitrogens is 1. The number of carboxylic acid groups (broad SMARTS) is 1. The fourth-order valence-electron chi connectivity index (χ4n) is 1.77. The van der Waals surface area contributed by atoms with E-state index in [2.05, 4.69) is 15.9 Å². The van der Waals surface area contributed by atoms with Crippen molar-refractivity contribution in [3.05, 3.63) is 34.4 Å². The predicted octanol–water partition coefficient (Wildman–Crippen LogP) is 2.80. The van der Waals surface area contributed by atoms with Gasteiger partial charge in [0.15, 0.2) is 0 Å². The molecule has 0 aliphatic heterocycles. The SMILES string of the molecule is Cc1cccc2cc(Br)n(CC(=O)O)c12. The second-order valence-electron chi connectivity index (χ2n) is 3.46. The van der Waals surface area contributed by atoms with Crippen molar-refractivity contribution in [3.63, 3.8) is 0 Å². The molecule has 3 nitrogen and oxygen atoms in total. The Bertz CT molecular complexity index is 531. The highest BCUT2D eigenvalue weighted by atomic mass is 79.9. The molecule has 0 atom stereocenters. The fourth-order valence-corrected chi connectivity index (χ4v) is 2.32. The molecular formula is C11H10BrNO2. The molecule has 1 heterocycles. The smallest absolute Gasteiger partial charge is 0.323 e. The van der Waals surface area contributed by atoms with E-state index in [9.17, 15) is 4.79 Å². The van der Waals surface area contributed by atoms with Crippen molar-refractivity contribution in [3.8, 4) is 0 Å². The van der Waals surface area contributed by atoms with Crippen molar-refractivity contribution in [2.75, 3.05) is 0 Å². The summed E-state index contributed by atoms with van der Waals surface area (Å²) in [7, 11) is 0. The van der Waals surface area contributed by atoms with Crippen LogP contribution >= 0.6 is 15.9 Å². The minimum absolute atomic E-state index is 0.0189. The first-order valence-corrected chi connectivity index (χ1v) is 5.35. The zero-order chi connectivity index (χ0) is 11.0. The number of aliphatic carboxylic acids is 1. The number of hydrogen-bond acceptors (Lipinski definition) is 1. The second-order valence-corrected chi connectivity index (χ2v) is 4.27. The maximum atomic E-state index is 10.7. The summed E-state index contributed by atoms with van der Waals surface area (Å²) in [5, 5.41) is 9.88. The van der Waals surface area contributed by atoms with Gasteiger partial charge in [-0.15, -0.1) is 0 Å². The molecule has 0 amide bonds. The molecular weight excluding hydrogens is 258 g/mol. The van der Waals surface area contributed by atoms with Gasteiger partial charge in [0.1, 0.15) is 6.54 Å². The maximum absolute atomic E-state index is 10.7. The van der Waals surface area contributed by atoms with E-state index >= 15 is 0 Å². The Hall–Kier alpha value is -1.29. The van der Waals surface area contributed by atoms with Crippen LogP contribution in [0.15, 0.2) is 28.9 Å². The Balaban J connectivity index is 2.71.